The Kier molecular flexibility index (Phi) is 4.32. The lowest BCUT2D eigenvalue weighted by molar-refractivity contribution is 0.411. The van der Waals surface area contributed by atoms with Gasteiger partial charge < -0.3 is 4.74 Å². The number of methoxy groups -OCH3 is 1. The molecule has 0 aliphatic heterocycles. The highest BCUT2D eigenvalue weighted by molar-refractivity contribution is 7.92. The Labute approximate surface area is 125 Å². The van der Waals surface area contributed by atoms with Crippen molar-refractivity contribution in [2.75, 3.05) is 11.8 Å². The van der Waals surface area contributed by atoms with Crippen molar-refractivity contribution in [1.82, 2.24) is 0 Å². The second-order valence-corrected chi connectivity index (χ2v) is 6.14. The average Bonchev–Trinajstić information content (AvgIpc) is 2.48. The van der Waals surface area contributed by atoms with Crippen LogP contribution in [-0.4, -0.2) is 15.5 Å². The van der Waals surface area contributed by atoms with E-state index >= 15 is 0 Å². The fourth-order valence-electron chi connectivity index (χ4n) is 1.83. The summed E-state index contributed by atoms with van der Waals surface area (Å²) >= 11 is 0. The van der Waals surface area contributed by atoms with Gasteiger partial charge in [-0.2, -0.15) is 0 Å². The molecule has 8 heteroatoms. The minimum atomic E-state index is -4.15. The van der Waals surface area contributed by atoms with Gasteiger partial charge in [0.1, 0.15) is 5.75 Å². The van der Waals surface area contributed by atoms with Gasteiger partial charge in [-0.3, -0.25) is 4.72 Å². The molecule has 0 fully saturated rings. The summed E-state index contributed by atoms with van der Waals surface area (Å²) < 4.78 is 70.8. The first-order chi connectivity index (χ1) is 10.3. The van der Waals surface area contributed by atoms with Crippen LogP contribution in [0.5, 0.6) is 5.75 Å². The summed E-state index contributed by atoms with van der Waals surface area (Å²) in [5, 5.41) is 0. The molecule has 0 saturated carbocycles. The quantitative estimate of drug-likeness (QED) is 0.875. The molecular weight excluding hydrogens is 319 g/mol. The first-order valence-electron chi connectivity index (χ1n) is 6.07. The molecular formula is C14H12F3NO3S. The number of benzene rings is 2. The number of sulfonamides is 1. The molecule has 0 heterocycles. The highest BCUT2D eigenvalue weighted by atomic mass is 32.2. The smallest absolute Gasteiger partial charge is 0.262 e. The van der Waals surface area contributed by atoms with Crippen LogP contribution >= 0.6 is 0 Å². The maximum Gasteiger partial charge on any atom is 0.262 e. The molecule has 0 aromatic heterocycles. The van der Waals surface area contributed by atoms with Crippen molar-refractivity contribution in [2.24, 2.45) is 0 Å². The van der Waals surface area contributed by atoms with Crippen molar-refractivity contribution >= 4 is 15.7 Å². The maximum absolute atomic E-state index is 13.5. The Morgan fingerprint density at radius 1 is 1.05 bits per heavy atom. The lowest BCUT2D eigenvalue weighted by Crippen LogP contribution is -2.15. The number of aryl methyl sites for hydroxylation is 1. The molecule has 0 radical (unpaired) electrons. The normalized spacial score (nSPS) is 11.3. The molecule has 0 spiro atoms. The predicted octanol–water partition coefficient (Wildman–Crippen LogP) is 3.22. The largest absolute Gasteiger partial charge is 0.496 e. The molecule has 22 heavy (non-hydrogen) atoms. The zero-order valence-electron chi connectivity index (χ0n) is 11.7. The van der Waals surface area contributed by atoms with Crippen LogP contribution in [0.1, 0.15) is 5.56 Å². The van der Waals surface area contributed by atoms with Crippen LogP contribution < -0.4 is 9.46 Å². The first-order valence-corrected chi connectivity index (χ1v) is 7.55. The molecule has 0 amide bonds. The zero-order valence-corrected chi connectivity index (χ0v) is 12.5. The van der Waals surface area contributed by atoms with E-state index in [9.17, 15) is 21.6 Å². The number of hydrogen-bond donors (Lipinski definition) is 1. The summed E-state index contributed by atoms with van der Waals surface area (Å²) in [6.07, 6.45) is 0. The van der Waals surface area contributed by atoms with E-state index in [1.165, 1.54) is 25.3 Å². The van der Waals surface area contributed by atoms with Gasteiger partial charge in [0.15, 0.2) is 17.5 Å². The lowest BCUT2D eigenvalue weighted by Gasteiger charge is -2.11. The molecule has 0 aliphatic carbocycles. The summed E-state index contributed by atoms with van der Waals surface area (Å²) in [4.78, 5) is -0.157. The first kappa shape index (κ1) is 16.2. The van der Waals surface area contributed by atoms with Gasteiger partial charge in [-0.25, -0.2) is 21.6 Å². The highest BCUT2D eigenvalue weighted by Gasteiger charge is 2.20. The van der Waals surface area contributed by atoms with Crippen molar-refractivity contribution in [3.05, 3.63) is 53.3 Å². The van der Waals surface area contributed by atoms with Crippen molar-refractivity contribution in [3.63, 3.8) is 0 Å². The molecule has 0 saturated heterocycles. The molecule has 1 N–H and O–H groups in total. The van der Waals surface area contributed by atoms with Gasteiger partial charge >= 0.3 is 0 Å². The van der Waals surface area contributed by atoms with Crippen LogP contribution in [0.2, 0.25) is 0 Å². The minimum absolute atomic E-state index is 0.157. The van der Waals surface area contributed by atoms with E-state index in [-0.39, 0.29) is 4.90 Å². The Morgan fingerprint density at radius 3 is 2.32 bits per heavy atom. The number of halogens is 3. The van der Waals surface area contributed by atoms with Crippen LogP contribution in [0.15, 0.2) is 35.2 Å². The average molecular weight is 331 g/mol. The zero-order chi connectivity index (χ0) is 16.5. The van der Waals surface area contributed by atoms with Crippen LogP contribution in [0, 0.1) is 24.4 Å². The van der Waals surface area contributed by atoms with Crippen LogP contribution in [-0.2, 0) is 10.0 Å². The fourth-order valence-corrected chi connectivity index (χ4v) is 2.97. The van der Waals surface area contributed by atoms with Gasteiger partial charge in [0, 0.05) is 0 Å². The Bertz CT molecular complexity index is 822. The van der Waals surface area contributed by atoms with Gasteiger partial charge in [0.2, 0.25) is 0 Å². The van der Waals surface area contributed by atoms with Crippen molar-refractivity contribution in [2.45, 2.75) is 11.8 Å². The van der Waals surface area contributed by atoms with Crippen molar-refractivity contribution in [3.8, 4) is 5.75 Å². The molecule has 0 unspecified atom stereocenters. The third kappa shape index (κ3) is 3.01. The molecule has 2 aromatic carbocycles. The van der Waals surface area contributed by atoms with E-state index in [0.29, 0.717) is 17.4 Å². The summed E-state index contributed by atoms with van der Waals surface area (Å²) in [6, 6.07) is 5.45. The SMILES string of the molecule is COc1ccc(S(=O)(=O)Nc2ccc(F)c(F)c2F)cc1C. The van der Waals surface area contributed by atoms with Crippen molar-refractivity contribution in [1.29, 1.82) is 0 Å². The second-order valence-electron chi connectivity index (χ2n) is 4.46. The number of hydrogen-bond acceptors (Lipinski definition) is 3. The number of ether oxygens (including phenoxy) is 1. The monoisotopic (exact) mass is 331 g/mol. The van der Waals surface area contributed by atoms with E-state index in [1.54, 1.807) is 6.92 Å². The standard InChI is InChI=1S/C14H12F3NO3S/c1-8-7-9(3-6-12(8)21-2)22(19,20)18-11-5-4-10(15)13(16)14(11)17/h3-7,18H,1-2H3. The Hall–Kier alpha value is -2.22. The third-order valence-electron chi connectivity index (χ3n) is 2.96. The summed E-state index contributed by atoms with van der Waals surface area (Å²) in [5.41, 5.74) is -0.122. The Morgan fingerprint density at radius 2 is 1.73 bits per heavy atom. The highest BCUT2D eigenvalue weighted by Crippen LogP contribution is 2.25. The molecule has 4 nitrogen and oxygen atoms in total. The summed E-state index contributed by atoms with van der Waals surface area (Å²) in [7, 11) is -2.71. The van der Waals surface area contributed by atoms with Crippen LogP contribution in [0.3, 0.4) is 0 Å². The topological polar surface area (TPSA) is 55.4 Å². The predicted molar refractivity (Wildman–Crippen MR) is 74.9 cm³/mol. The van der Waals surface area contributed by atoms with E-state index in [1.807, 2.05) is 4.72 Å². The van der Waals surface area contributed by atoms with Crippen LogP contribution in [0.25, 0.3) is 0 Å². The summed E-state index contributed by atoms with van der Waals surface area (Å²) in [6.45, 7) is 1.63. The van der Waals surface area contributed by atoms with Gasteiger partial charge in [-0.05, 0) is 42.8 Å². The molecule has 0 atom stereocenters. The van der Waals surface area contributed by atoms with Gasteiger partial charge in [0.25, 0.3) is 10.0 Å². The van der Waals surface area contributed by atoms with E-state index in [2.05, 4.69) is 0 Å². The molecule has 0 bridgehead atoms. The Balaban J connectivity index is 2.40. The third-order valence-corrected chi connectivity index (χ3v) is 4.32. The van der Waals surface area contributed by atoms with Gasteiger partial charge in [-0.1, -0.05) is 0 Å². The molecule has 2 rings (SSSR count). The van der Waals surface area contributed by atoms with Crippen LogP contribution in [0.4, 0.5) is 18.9 Å². The number of anilines is 1. The number of nitrogens with one attached hydrogen (secondary N) is 1. The number of rotatable bonds is 4. The van der Waals surface area contributed by atoms with E-state index in [4.69, 9.17) is 4.74 Å². The van der Waals surface area contributed by atoms with E-state index in [0.717, 1.165) is 6.07 Å². The molecule has 0 aliphatic rings. The van der Waals surface area contributed by atoms with Gasteiger partial charge in [0.05, 0.1) is 17.7 Å². The lowest BCUT2D eigenvalue weighted by atomic mass is 10.2. The fraction of sp³-hybridized carbons (Fsp3) is 0.143. The maximum atomic E-state index is 13.5. The second kappa shape index (κ2) is 5.88. The van der Waals surface area contributed by atoms with E-state index < -0.39 is 33.2 Å². The van der Waals surface area contributed by atoms with Gasteiger partial charge in [-0.15, -0.1) is 0 Å². The molecule has 2 aromatic rings. The van der Waals surface area contributed by atoms with Crippen molar-refractivity contribution < 1.29 is 26.3 Å². The summed E-state index contributed by atoms with van der Waals surface area (Å²) in [5.74, 6) is -4.27. The minimum Gasteiger partial charge on any atom is -0.496 e. The molecule has 118 valence electrons.